The molecule has 1 aromatic carbocycles. The highest BCUT2D eigenvalue weighted by Gasteiger charge is 2.23. The molecule has 0 radical (unpaired) electrons. The maximum Gasteiger partial charge on any atom is 0.292 e. The van der Waals surface area contributed by atoms with Crippen molar-refractivity contribution in [2.75, 3.05) is 26.1 Å². The Bertz CT molecular complexity index is 514. The van der Waals surface area contributed by atoms with Crippen molar-refractivity contribution in [2.45, 2.75) is 19.4 Å². The molecule has 7 nitrogen and oxygen atoms in total. The van der Waals surface area contributed by atoms with Gasteiger partial charge >= 0.3 is 0 Å². The maximum absolute atomic E-state index is 11.6. The minimum Gasteiger partial charge on any atom is -0.382 e. The summed E-state index contributed by atoms with van der Waals surface area (Å²) >= 11 is 0. The lowest BCUT2D eigenvalue weighted by Crippen LogP contribution is -2.36. The number of nitro benzene ring substituents is 1. The van der Waals surface area contributed by atoms with Gasteiger partial charge < -0.3 is 15.4 Å². The Labute approximate surface area is 117 Å². The number of carbonyl (C=O) groups excluding carboxylic acids is 1. The molecule has 0 heterocycles. The van der Waals surface area contributed by atoms with Crippen LogP contribution in [0.1, 0.15) is 24.2 Å². The number of benzene rings is 1. The monoisotopic (exact) mass is 281 g/mol. The summed E-state index contributed by atoms with van der Waals surface area (Å²) in [6, 6.07) is 4.20. The third-order valence-electron chi connectivity index (χ3n) is 2.66. The summed E-state index contributed by atoms with van der Waals surface area (Å²) in [5.41, 5.74) is 0.0645. The molecule has 0 bridgehead atoms. The molecule has 0 aliphatic rings. The Morgan fingerprint density at radius 1 is 1.45 bits per heavy atom. The standard InChI is InChI=1S/C13H19N3O4/c1-13(2,8-20-4)15-10-7-9(12(17)14-3)5-6-11(10)16(18)19/h5-7,15H,8H2,1-4H3,(H,14,17). The second-order valence-corrected chi connectivity index (χ2v) is 5.01. The van der Waals surface area contributed by atoms with Crippen LogP contribution in [0, 0.1) is 10.1 Å². The number of hydrogen-bond acceptors (Lipinski definition) is 5. The molecule has 0 saturated carbocycles. The quantitative estimate of drug-likeness (QED) is 0.612. The Kier molecular flexibility index (Phi) is 5.04. The van der Waals surface area contributed by atoms with Gasteiger partial charge in [-0.05, 0) is 26.0 Å². The van der Waals surface area contributed by atoms with Crippen molar-refractivity contribution >= 4 is 17.3 Å². The summed E-state index contributed by atoms with van der Waals surface area (Å²) in [5.74, 6) is -0.299. The molecule has 2 N–H and O–H groups in total. The van der Waals surface area contributed by atoms with Gasteiger partial charge in [-0.3, -0.25) is 14.9 Å². The Morgan fingerprint density at radius 3 is 2.60 bits per heavy atom. The average molecular weight is 281 g/mol. The van der Waals surface area contributed by atoms with E-state index in [1.165, 1.54) is 25.2 Å². The summed E-state index contributed by atoms with van der Waals surface area (Å²) < 4.78 is 5.07. The topological polar surface area (TPSA) is 93.5 Å². The van der Waals surface area contributed by atoms with Gasteiger partial charge in [-0.25, -0.2) is 0 Å². The normalized spacial score (nSPS) is 11.0. The Morgan fingerprint density at radius 2 is 2.10 bits per heavy atom. The van der Waals surface area contributed by atoms with Crippen molar-refractivity contribution < 1.29 is 14.5 Å². The average Bonchev–Trinajstić information content (AvgIpc) is 2.36. The fourth-order valence-electron chi connectivity index (χ4n) is 1.84. The lowest BCUT2D eigenvalue weighted by molar-refractivity contribution is -0.384. The predicted molar refractivity (Wildman–Crippen MR) is 76.1 cm³/mol. The molecule has 1 amide bonds. The van der Waals surface area contributed by atoms with E-state index in [2.05, 4.69) is 10.6 Å². The second kappa shape index (κ2) is 6.33. The zero-order valence-electron chi connectivity index (χ0n) is 12.0. The molecule has 0 aliphatic heterocycles. The largest absolute Gasteiger partial charge is 0.382 e. The van der Waals surface area contributed by atoms with Crippen LogP contribution in [0.15, 0.2) is 18.2 Å². The second-order valence-electron chi connectivity index (χ2n) is 5.01. The third-order valence-corrected chi connectivity index (χ3v) is 2.66. The number of nitrogens with zero attached hydrogens (tertiary/aromatic N) is 1. The third kappa shape index (κ3) is 3.92. The van der Waals surface area contributed by atoms with Crippen LogP contribution in [0.2, 0.25) is 0 Å². The van der Waals surface area contributed by atoms with Gasteiger partial charge in [-0.2, -0.15) is 0 Å². The zero-order valence-corrected chi connectivity index (χ0v) is 12.0. The van der Waals surface area contributed by atoms with E-state index in [1.807, 2.05) is 13.8 Å². The number of rotatable bonds is 6. The van der Waals surface area contributed by atoms with Gasteiger partial charge in [-0.15, -0.1) is 0 Å². The van der Waals surface area contributed by atoms with Gasteiger partial charge in [0, 0.05) is 25.8 Å². The SMILES string of the molecule is CNC(=O)c1ccc([N+](=O)[O-])c(NC(C)(C)COC)c1. The van der Waals surface area contributed by atoms with E-state index in [1.54, 1.807) is 7.11 Å². The number of nitrogens with one attached hydrogen (secondary N) is 2. The Balaban J connectivity index is 3.19. The molecule has 110 valence electrons. The highest BCUT2D eigenvalue weighted by molar-refractivity contribution is 5.95. The summed E-state index contributed by atoms with van der Waals surface area (Å²) in [6.07, 6.45) is 0. The van der Waals surface area contributed by atoms with Crippen LogP contribution in [-0.2, 0) is 4.74 Å². The smallest absolute Gasteiger partial charge is 0.292 e. The van der Waals surface area contributed by atoms with Crippen molar-refractivity contribution in [1.82, 2.24) is 5.32 Å². The summed E-state index contributed by atoms with van der Waals surface area (Å²) in [6.45, 7) is 4.08. The van der Waals surface area contributed by atoms with Crippen LogP contribution in [-0.4, -0.2) is 37.1 Å². The first kappa shape index (κ1) is 15.9. The number of carbonyl (C=O) groups is 1. The van der Waals surface area contributed by atoms with Crippen molar-refractivity contribution in [3.05, 3.63) is 33.9 Å². The number of ether oxygens (including phenoxy) is 1. The number of methoxy groups -OCH3 is 1. The highest BCUT2D eigenvalue weighted by Crippen LogP contribution is 2.28. The van der Waals surface area contributed by atoms with E-state index in [0.717, 1.165) is 0 Å². The lowest BCUT2D eigenvalue weighted by atomic mass is 10.0. The van der Waals surface area contributed by atoms with Gasteiger partial charge in [0.1, 0.15) is 5.69 Å². The van der Waals surface area contributed by atoms with Crippen LogP contribution in [0.3, 0.4) is 0 Å². The minimum absolute atomic E-state index is 0.0816. The van der Waals surface area contributed by atoms with Crippen LogP contribution >= 0.6 is 0 Å². The first-order chi connectivity index (χ1) is 9.30. The first-order valence-corrected chi connectivity index (χ1v) is 6.08. The molecule has 0 aromatic heterocycles. The van der Waals surface area contributed by atoms with Crippen LogP contribution in [0.4, 0.5) is 11.4 Å². The summed E-state index contributed by atoms with van der Waals surface area (Å²) in [5, 5.41) is 16.6. The molecular weight excluding hydrogens is 262 g/mol. The van der Waals surface area contributed by atoms with E-state index in [0.29, 0.717) is 12.2 Å². The maximum atomic E-state index is 11.6. The minimum atomic E-state index is -0.499. The summed E-state index contributed by atoms with van der Waals surface area (Å²) in [7, 11) is 3.06. The van der Waals surface area contributed by atoms with Crippen LogP contribution in [0.5, 0.6) is 0 Å². The molecule has 1 aromatic rings. The number of hydrogen-bond donors (Lipinski definition) is 2. The number of amides is 1. The molecule has 0 unspecified atom stereocenters. The van der Waals surface area contributed by atoms with Crippen LogP contribution in [0.25, 0.3) is 0 Å². The molecule has 20 heavy (non-hydrogen) atoms. The molecule has 1 rings (SSSR count). The van der Waals surface area contributed by atoms with Crippen molar-refractivity contribution in [3.63, 3.8) is 0 Å². The van der Waals surface area contributed by atoms with Gasteiger partial charge in [0.2, 0.25) is 0 Å². The predicted octanol–water partition coefficient (Wildman–Crippen LogP) is 1.79. The number of nitro groups is 1. The van der Waals surface area contributed by atoms with E-state index in [9.17, 15) is 14.9 Å². The molecule has 0 atom stereocenters. The lowest BCUT2D eigenvalue weighted by Gasteiger charge is -2.26. The van der Waals surface area contributed by atoms with Crippen molar-refractivity contribution in [1.29, 1.82) is 0 Å². The van der Waals surface area contributed by atoms with E-state index < -0.39 is 10.5 Å². The highest BCUT2D eigenvalue weighted by atomic mass is 16.6. The van der Waals surface area contributed by atoms with Gasteiger partial charge in [-0.1, -0.05) is 0 Å². The summed E-state index contributed by atoms with van der Waals surface area (Å²) in [4.78, 5) is 22.2. The van der Waals surface area contributed by atoms with Gasteiger partial charge in [0.05, 0.1) is 17.1 Å². The zero-order chi connectivity index (χ0) is 15.3. The molecule has 7 heteroatoms. The van der Waals surface area contributed by atoms with Gasteiger partial charge in [0.25, 0.3) is 11.6 Å². The van der Waals surface area contributed by atoms with E-state index in [-0.39, 0.29) is 17.3 Å². The van der Waals surface area contributed by atoms with Gasteiger partial charge in [0.15, 0.2) is 0 Å². The van der Waals surface area contributed by atoms with E-state index in [4.69, 9.17) is 4.74 Å². The van der Waals surface area contributed by atoms with Crippen LogP contribution < -0.4 is 10.6 Å². The van der Waals surface area contributed by atoms with E-state index >= 15 is 0 Å². The molecule has 0 saturated heterocycles. The molecular formula is C13H19N3O4. The fourth-order valence-corrected chi connectivity index (χ4v) is 1.84. The molecule has 0 aliphatic carbocycles. The fraction of sp³-hybridized carbons (Fsp3) is 0.462. The van der Waals surface area contributed by atoms with Crippen molar-refractivity contribution in [2.24, 2.45) is 0 Å². The first-order valence-electron chi connectivity index (χ1n) is 6.08. The molecule has 0 fully saturated rings. The Hall–Kier alpha value is -2.15. The number of anilines is 1. The molecule has 0 spiro atoms. The van der Waals surface area contributed by atoms with Crippen molar-refractivity contribution in [3.8, 4) is 0 Å².